The van der Waals surface area contributed by atoms with Crippen LogP contribution in [0.25, 0.3) is 0 Å². The van der Waals surface area contributed by atoms with Crippen LogP contribution in [0.5, 0.6) is 0 Å². The van der Waals surface area contributed by atoms with Crippen molar-refractivity contribution >= 4 is 17.8 Å². The lowest BCUT2D eigenvalue weighted by Crippen LogP contribution is -2.44. The average molecular weight is 518 g/mol. The van der Waals surface area contributed by atoms with E-state index in [1.54, 1.807) is 12.3 Å². The van der Waals surface area contributed by atoms with Crippen LogP contribution in [0.2, 0.25) is 0 Å². The zero-order valence-electron chi connectivity index (χ0n) is 21.8. The van der Waals surface area contributed by atoms with E-state index in [4.69, 9.17) is 0 Å². The molecule has 0 saturated heterocycles. The second-order valence-corrected chi connectivity index (χ2v) is 8.45. The van der Waals surface area contributed by atoms with Gasteiger partial charge in [0.15, 0.2) is 5.96 Å². The zero-order chi connectivity index (χ0) is 27.3. The van der Waals surface area contributed by atoms with E-state index in [-0.39, 0.29) is 12.0 Å². The summed E-state index contributed by atoms with van der Waals surface area (Å²) in [7, 11) is 0. The van der Waals surface area contributed by atoms with Crippen molar-refractivity contribution in [1.82, 2.24) is 20.5 Å². The van der Waals surface area contributed by atoms with Gasteiger partial charge in [0, 0.05) is 19.3 Å². The number of carbonyl (C=O) groups is 2. The molecule has 3 aromatic rings. The summed E-state index contributed by atoms with van der Waals surface area (Å²) in [5.74, 6) is -1.17. The van der Waals surface area contributed by atoms with Crippen molar-refractivity contribution in [2.24, 2.45) is 4.99 Å². The lowest BCUT2D eigenvalue weighted by molar-refractivity contribution is -0.139. The van der Waals surface area contributed by atoms with Gasteiger partial charge in [-0.25, -0.2) is 4.79 Å². The maximum atomic E-state index is 13.5. The Morgan fingerprint density at radius 3 is 2.18 bits per heavy atom. The summed E-state index contributed by atoms with van der Waals surface area (Å²) in [5.41, 5.74) is 1.17. The Bertz CT molecular complexity index is 1240. The highest BCUT2D eigenvalue weighted by molar-refractivity contribution is 5.96. The molecule has 2 aromatic carbocycles. The number of carbonyl (C=O) groups excluding carboxylic acids is 1. The average Bonchev–Trinajstić information content (AvgIpc) is 3.47. The van der Waals surface area contributed by atoms with Gasteiger partial charge in [-0.3, -0.25) is 14.6 Å². The van der Waals surface area contributed by atoms with Gasteiger partial charge in [0.25, 0.3) is 11.5 Å². The van der Waals surface area contributed by atoms with Crippen LogP contribution < -0.4 is 21.5 Å². The highest BCUT2D eigenvalue weighted by Gasteiger charge is 2.24. The molecule has 0 spiro atoms. The fraction of sp³-hybridized carbons (Fsp3) is 0.310. The molecule has 200 valence electrons. The van der Waals surface area contributed by atoms with Crippen molar-refractivity contribution in [3.05, 3.63) is 106 Å². The number of benzene rings is 2. The van der Waals surface area contributed by atoms with Crippen LogP contribution in [-0.2, 0) is 4.79 Å². The predicted molar refractivity (Wildman–Crippen MR) is 149 cm³/mol. The molecule has 38 heavy (non-hydrogen) atoms. The van der Waals surface area contributed by atoms with Gasteiger partial charge < -0.3 is 25.6 Å². The van der Waals surface area contributed by atoms with Crippen LogP contribution >= 0.6 is 0 Å². The Balaban J connectivity index is 0.00000195. The van der Waals surface area contributed by atoms with Crippen LogP contribution in [-0.4, -0.2) is 53.2 Å². The number of amides is 1. The Morgan fingerprint density at radius 2 is 1.63 bits per heavy atom. The summed E-state index contributed by atoms with van der Waals surface area (Å²) in [4.78, 5) is 42.5. The second kappa shape index (κ2) is 14.4. The number of aromatic nitrogens is 1. The first-order chi connectivity index (χ1) is 18.5. The lowest BCUT2D eigenvalue weighted by atomic mass is 9.98. The van der Waals surface area contributed by atoms with Crippen LogP contribution in [0, 0.1) is 0 Å². The molecule has 1 unspecified atom stereocenters. The van der Waals surface area contributed by atoms with Crippen molar-refractivity contribution in [3.8, 4) is 0 Å². The van der Waals surface area contributed by atoms with E-state index in [1.807, 2.05) is 74.5 Å². The highest BCUT2D eigenvalue weighted by atomic mass is 16.4. The number of carboxylic acid groups (broad SMARTS) is 1. The van der Waals surface area contributed by atoms with Crippen molar-refractivity contribution in [2.45, 2.75) is 38.8 Å². The highest BCUT2D eigenvalue weighted by Crippen LogP contribution is 2.25. The molecule has 1 amide bonds. The summed E-state index contributed by atoms with van der Waals surface area (Å²) in [5, 5.41) is 18.3. The molecular weight excluding hydrogens is 482 g/mol. The molecule has 1 aliphatic rings. The molecule has 1 aromatic heterocycles. The Hall–Kier alpha value is -4.40. The van der Waals surface area contributed by atoms with Gasteiger partial charge >= 0.3 is 5.97 Å². The third kappa shape index (κ3) is 7.32. The number of nitrogens with one attached hydrogen (secondary N) is 3. The van der Waals surface area contributed by atoms with Gasteiger partial charge in [0.1, 0.15) is 11.6 Å². The number of pyridine rings is 1. The molecule has 0 radical (unpaired) electrons. The van der Waals surface area contributed by atoms with Gasteiger partial charge in [0.05, 0.1) is 12.6 Å². The summed E-state index contributed by atoms with van der Waals surface area (Å²) >= 11 is 0. The van der Waals surface area contributed by atoms with Crippen LogP contribution in [0.15, 0.2) is 88.8 Å². The second-order valence-electron chi connectivity index (χ2n) is 8.45. The van der Waals surface area contributed by atoms with E-state index in [0.29, 0.717) is 25.5 Å². The monoisotopic (exact) mass is 517 g/mol. The number of hydrogen-bond acceptors (Lipinski definition) is 6. The minimum absolute atomic E-state index is 0.108. The molecule has 9 heteroatoms. The van der Waals surface area contributed by atoms with Gasteiger partial charge in [-0.1, -0.05) is 74.5 Å². The van der Waals surface area contributed by atoms with Crippen molar-refractivity contribution in [3.63, 3.8) is 0 Å². The molecule has 0 bridgehead atoms. The topological polar surface area (TPSA) is 125 Å². The first kappa shape index (κ1) is 28.2. The number of aliphatic carboxylic acids is 1. The van der Waals surface area contributed by atoms with Crippen molar-refractivity contribution in [2.75, 3.05) is 19.6 Å². The quantitative estimate of drug-likeness (QED) is 0.307. The van der Waals surface area contributed by atoms with E-state index >= 15 is 0 Å². The third-order valence-corrected chi connectivity index (χ3v) is 5.97. The number of aliphatic imine (C=N–C) groups is 1. The summed E-state index contributed by atoms with van der Waals surface area (Å²) in [6, 6.07) is 20.6. The predicted octanol–water partition coefficient (Wildman–Crippen LogP) is 3.02. The number of carboxylic acids is 1. The maximum Gasteiger partial charge on any atom is 0.326 e. The van der Waals surface area contributed by atoms with Gasteiger partial charge in [-0.2, -0.15) is 0 Å². The zero-order valence-corrected chi connectivity index (χ0v) is 21.8. The summed E-state index contributed by atoms with van der Waals surface area (Å²) in [6.45, 7) is 6.00. The van der Waals surface area contributed by atoms with Crippen LogP contribution in [0.1, 0.15) is 54.2 Å². The molecule has 1 aliphatic heterocycles. The van der Waals surface area contributed by atoms with Crippen LogP contribution in [0.3, 0.4) is 0 Å². The number of nitrogens with zero attached hydrogens (tertiary/aromatic N) is 2. The van der Waals surface area contributed by atoms with E-state index < -0.39 is 29.5 Å². The first-order valence-corrected chi connectivity index (χ1v) is 12.9. The first-order valence-electron chi connectivity index (χ1n) is 12.9. The Kier molecular flexibility index (Phi) is 10.7. The molecule has 9 nitrogen and oxygen atoms in total. The molecule has 2 heterocycles. The molecule has 4 rings (SSSR count). The van der Waals surface area contributed by atoms with Crippen molar-refractivity contribution in [1.29, 1.82) is 0 Å². The standard InChI is InChI=1S/C27H29N5O4.C2H6/c33-24(31-22(26(35)36)14-7-15-28-27-29-16-17-30-27)21-13-8-18-32(25(21)34)23(19-9-3-1-4-10-19)20-11-5-2-6-12-20;1-2/h1-6,8-13,18,22-23H,7,14-17H2,(H,31,33)(H,35,36)(H2,28,29,30);1-2H3. The third-order valence-electron chi connectivity index (χ3n) is 5.97. The fourth-order valence-electron chi connectivity index (χ4n) is 4.19. The Labute approximate surface area is 222 Å². The maximum absolute atomic E-state index is 13.5. The van der Waals surface area contributed by atoms with E-state index in [9.17, 15) is 19.5 Å². The summed E-state index contributed by atoms with van der Waals surface area (Å²) in [6.07, 6.45) is 2.35. The van der Waals surface area contributed by atoms with Gasteiger partial charge in [0.2, 0.25) is 0 Å². The summed E-state index contributed by atoms with van der Waals surface area (Å²) < 4.78 is 1.51. The van der Waals surface area contributed by atoms with Gasteiger partial charge in [-0.15, -0.1) is 0 Å². The smallest absolute Gasteiger partial charge is 0.326 e. The van der Waals surface area contributed by atoms with Crippen LogP contribution in [0.4, 0.5) is 0 Å². The van der Waals surface area contributed by atoms with E-state index in [0.717, 1.165) is 17.7 Å². The normalized spacial score (nSPS) is 13.0. The van der Waals surface area contributed by atoms with E-state index in [1.165, 1.54) is 10.6 Å². The van der Waals surface area contributed by atoms with Gasteiger partial charge in [-0.05, 0) is 36.1 Å². The minimum atomic E-state index is -1.15. The molecule has 0 fully saturated rings. The van der Waals surface area contributed by atoms with Crippen molar-refractivity contribution < 1.29 is 14.7 Å². The molecular formula is C29H35N5O4. The molecule has 1 atom stereocenters. The Morgan fingerprint density at radius 1 is 1.00 bits per heavy atom. The SMILES string of the molecule is CC.O=C(NC(CCCNC1=NCCN1)C(=O)O)c1cccn(C(c2ccccc2)c2ccccc2)c1=O. The molecule has 0 saturated carbocycles. The number of hydrogen-bond donors (Lipinski definition) is 4. The molecule has 4 N–H and O–H groups in total. The molecule has 0 aliphatic carbocycles. The van der Waals surface area contributed by atoms with E-state index in [2.05, 4.69) is 20.9 Å². The number of guanidine groups is 1. The minimum Gasteiger partial charge on any atom is -0.480 e. The largest absolute Gasteiger partial charge is 0.480 e. The number of rotatable bonds is 10. The fourth-order valence-corrected chi connectivity index (χ4v) is 4.19. The lowest BCUT2D eigenvalue weighted by Gasteiger charge is -2.22.